The lowest BCUT2D eigenvalue weighted by Crippen LogP contribution is -2.44. The van der Waals surface area contributed by atoms with Crippen molar-refractivity contribution in [1.29, 1.82) is 0 Å². The number of aryl methyl sites for hydroxylation is 1. The molecule has 0 spiro atoms. The first-order chi connectivity index (χ1) is 17.5. The first-order valence-electron chi connectivity index (χ1n) is 11.9. The SMILES string of the molecule is O=C(O)CN1CCN(CC(=O)O)Cc2ccc(CCC(=O)NCC(O)CO)c(n2)CN(CC(=O)O)CC1. The van der Waals surface area contributed by atoms with Gasteiger partial charge in [0.15, 0.2) is 0 Å². The van der Waals surface area contributed by atoms with Crippen LogP contribution >= 0.6 is 0 Å². The van der Waals surface area contributed by atoms with Crippen molar-refractivity contribution in [2.24, 2.45) is 0 Å². The molecule has 14 nitrogen and oxygen atoms in total. The van der Waals surface area contributed by atoms with E-state index in [2.05, 4.69) is 10.3 Å². The van der Waals surface area contributed by atoms with Gasteiger partial charge in [0.2, 0.25) is 5.91 Å². The second kappa shape index (κ2) is 15.2. The number of nitrogens with zero attached hydrogens (tertiary/aromatic N) is 4. The predicted molar refractivity (Wildman–Crippen MR) is 129 cm³/mol. The van der Waals surface area contributed by atoms with Gasteiger partial charge in [-0.3, -0.25) is 38.9 Å². The Kier molecular flexibility index (Phi) is 12.3. The van der Waals surface area contributed by atoms with Crippen LogP contribution in [0.5, 0.6) is 0 Å². The molecule has 1 atom stereocenters. The molecule has 1 aliphatic heterocycles. The first kappa shape index (κ1) is 30.1. The van der Waals surface area contributed by atoms with Crippen LogP contribution in [0.2, 0.25) is 0 Å². The highest BCUT2D eigenvalue weighted by Crippen LogP contribution is 2.16. The zero-order valence-electron chi connectivity index (χ0n) is 20.6. The molecular formula is C23H35N5O9. The number of carboxylic acid groups (broad SMARTS) is 3. The van der Waals surface area contributed by atoms with Crippen LogP contribution in [0.3, 0.4) is 0 Å². The second-order valence-electron chi connectivity index (χ2n) is 8.93. The minimum Gasteiger partial charge on any atom is -0.480 e. The number of nitrogens with one attached hydrogen (secondary N) is 1. The van der Waals surface area contributed by atoms with Crippen LogP contribution in [0, 0.1) is 0 Å². The number of hydrogen-bond acceptors (Lipinski definition) is 10. The van der Waals surface area contributed by atoms with E-state index in [-0.39, 0.29) is 84.2 Å². The highest BCUT2D eigenvalue weighted by Gasteiger charge is 2.21. The molecule has 1 unspecified atom stereocenters. The van der Waals surface area contributed by atoms with E-state index in [0.29, 0.717) is 17.0 Å². The summed E-state index contributed by atoms with van der Waals surface area (Å²) in [6.45, 7) is 0.00459. The Bertz CT molecular complexity index is 945. The normalized spacial score (nSPS) is 16.8. The molecule has 0 radical (unpaired) electrons. The van der Waals surface area contributed by atoms with Gasteiger partial charge >= 0.3 is 17.9 Å². The van der Waals surface area contributed by atoms with Crippen LogP contribution in [0.1, 0.15) is 23.4 Å². The Morgan fingerprint density at radius 3 is 1.97 bits per heavy atom. The predicted octanol–water partition coefficient (Wildman–Crippen LogP) is -2.34. The quantitative estimate of drug-likeness (QED) is 0.169. The van der Waals surface area contributed by atoms with Crippen LogP contribution in [-0.2, 0) is 38.7 Å². The molecule has 2 bridgehead atoms. The average Bonchev–Trinajstić information content (AvgIpc) is 2.81. The molecule has 0 aromatic carbocycles. The zero-order valence-corrected chi connectivity index (χ0v) is 20.6. The molecule has 37 heavy (non-hydrogen) atoms. The van der Waals surface area contributed by atoms with E-state index in [0.717, 1.165) is 0 Å². The molecule has 0 fully saturated rings. The van der Waals surface area contributed by atoms with E-state index in [1.807, 2.05) is 0 Å². The number of carbonyl (C=O) groups is 4. The average molecular weight is 526 g/mol. The van der Waals surface area contributed by atoms with Gasteiger partial charge in [-0.05, 0) is 18.1 Å². The van der Waals surface area contributed by atoms with E-state index in [4.69, 9.17) is 5.11 Å². The summed E-state index contributed by atoms with van der Waals surface area (Å²) in [6, 6.07) is 3.51. The summed E-state index contributed by atoms with van der Waals surface area (Å²) in [7, 11) is 0. The number of carboxylic acids is 3. The Hall–Kier alpha value is -3.17. The highest BCUT2D eigenvalue weighted by atomic mass is 16.4. The summed E-state index contributed by atoms with van der Waals surface area (Å²) in [4.78, 5) is 56.0. The number of hydrogen-bond donors (Lipinski definition) is 6. The van der Waals surface area contributed by atoms with Gasteiger partial charge in [-0.1, -0.05) is 6.07 Å². The number of rotatable bonds is 12. The lowest BCUT2D eigenvalue weighted by atomic mass is 10.1. The Balaban J connectivity index is 2.29. The monoisotopic (exact) mass is 525 g/mol. The summed E-state index contributed by atoms with van der Waals surface area (Å²) >= 11 is 0. The maximum Gasteiger partial charge on any atom is 0.317 e. The molecule has 1 aromatic rings. The van der Waals surface area contributed by atoms with Crippen molar-refractivity contribution in [3.63, 3.8) is 0 Å². The fourth-order valence-corrected chi connectivity index (χ4v) is 3.94. The molecule has 0 aliphatic carbocycles. The fraction of sp³-hybridized carbons (Fsp3) is 0.609. The number of pyridine rings is 1. The third-order valence-corrected chi connectivity index (χ3v) is 5.79. The molecule has 0 saturated heterocycles. The molecule has 1 aliphatic rings. The second-order valence-corrected chi connectivity index (χ2v) is 8.93. The van der Waals surface area contributed by atoms with Gasteiger partial charge in [0.25, 0.3) is 0 Å². The Morgan fingerprint density at radius 2 is 1.41 bits per heavy atom. The van der Waals surface area contributed by atoms with Crippen LogP contribution in [0.4, 0.5) is 0 Å². The summed E-state index contributed by atoms with van der Waals surface area (Å²) in [5.41, 5.74) is 1.82. The summed E-state index contributed by atoms with van der Waals surface area (Å²) in [5.74, 6) is -3.46. The summed E-state index contributed by atoms with van der Waals surface area (Å²) in [6.07, 6.45) is -0.699. The van der Waals surface area contributed by atoms with Crippen LogP contribution in [0.25, 0.3) is 0 Å². The molecule has 1 aromatic heterocycles. The van der Waals surface area contributed by atoms with Crippen molar-refractivity contribution in [3.8, 4) is 0 Å². The molecule has 206 valence electrons. The van der Waals surface area contributed by atoms with Gasteiger partial charge in [0, 0.05) is 52.2 Å². The van der Waals surface area contributed by atoms with Crippen molar-refractivity contribution >= 4 is 23.8 Å². The largest absolute Gasteiger partial charge is 0.480 e. The van der Waals surface area contributed by atoms with Crippen LogP contribution in [-0.4, -0.2) is 134 Å². The lowest BCUT2D eigenvalue weighted by molar-refractivity contribution is -0.140. The molecule has 1 amide bonds. The number of aromatic nitrogens is 1. The lowest BCUT2D eigenvalue weighted by Gasteiger charge is -2.30. The van der Waals surface area contributed by atoms with Gasteiger partial charge in [0.05, 0.1) is 43.7 Å². The number of aliphatic hydroxyl groups excluding tert-OH is 2. The minimum absolute atomic E-state index is 0.0721. The van der Waals surface area contributed by atoms with E-state index in [1.54, 1.807) is 26.8 Å². The third-order valence-electron chi connectivity index (χ3n) is 5.79. The summed E-state index contributed by atoms with van der Waals surface area (Å²) < 4.78 is 0. The minimum atomic E-state index is -1.06. The number of fused-ring (bicyclic) bond motifs is 2. The van der Waals surface area contributed by atoms with E-state index < -0.39 is 30.6 Å². The molecule has 0 saturated carbocycles. The maximum atomic E-state index is 12.2. The Morgan fingerprint density at radius 1 is 0.865 bits per heavy atom. The zero-order chi connectivity index (χ0) is 27.4. The van der Waals surface area contributed by atoms with E-state index >= 15 is 0 Å². The van der Waals surface area contributed by atoms with Gasteiger partial charge in [-0.15, -0.1) is 0 Å². The topological polar surface area (TPSA) is 204 Å². The van der Waals surface area contributed by atoms with E-state index in [9.17, 15) is 39.6 Å². The van der Waals surface area contributed by atoms with Gasteiger partial charge in [0.1, 0.15) is 0 Å². The van der Waals surface area contributed by atoms with E-state index in [1.165, 1.54) is 0 Å². The van der Waals surface area contributed by atoms with Crippen molar-refractivity contribution in [2.45, 2.75) is 32.0 Å². The number of carbonyl (C=O) groups excluding carboxylic acids is 1. The number of amides is 1. The highest BCUT2D eigenvalue weighted by molar-refractivity contribution is 5.76. The third kappa shape index (κ3) is 11.6. The number of aliphatic carboxylic acids is 3. The maximum absolute atomic E-state index is 12.2. The molecule has 2 rings (SSSR count). The molecule has 2 heterocycles. The standard InChI is InChI=1S/C23H35N5O9/c29-15-18(30)9-24-20(31)4-2-16-1-3-17-10-27(13-22(34)35)7-5-26(12-21(32)33)6-8-28(14-23(36)37)11-19(16)25-17/h1,3,18,29-30H,2,4-15H2,(H,24,31)(H,32,33)(H,34,35)(H,36,37). The smallest absolute Gasteiger partial charge is 0.317 e. The molecule has 14 heteroatoms. The van der Waals surface area contributed by atoms with Gasteiger partial charge < -0.3 is 30.8 Å². The van der Waals surface area contributed by atoms with Crippen LogP contribution < -0.4 is 5.32 Å². The van der Waals surface area contributed by atoms with Gasteiger partial charge in [-0.2, -0.15) is 0 Å². The van der Waals surface area contributed by atoms with Crippen LogP contribution in [0.15, 0.2) is 12.1 Å². The van der Waals surface area contributed by atoms with Crippen molar-refractivity contribution in [1.82, 2.24) is 25.0 Å². The van der Waals surface area contributed by atoms with Gasteiger partial charge in [-0.25, -0.2) is 0 Å². The Labute approximate surface area is 214 Å². The fourth-order valence-electron chi connectivity index (χ4n) is 3.94. The first-order valence-corrected chi connectivity index (χ1v) is 11.9. The van der Waals surface area contributed by atoms with Crippen molar-refractivity contribution in [2.75, 3.05) is 59.0 Å². The van der Waals surface area contributed by atoms with Crippen molar-refractivity contribution < 1.29 is 44.7 Å². The molecular weight excluding hydrogens is 490 g/mol. The van der Waals surface area contributed by atoms with Crippen molar-refractivity contribution in [3.05, 3.63) is 29.1 Å². The summed E-state index contributed by atoms with van der Waals surface area (Å²) in [5, 5.41) is 48.8. The molecule has 6 N–H and O–H groups in total. The number of aliphatic hydroxyl groups is 2.